The van der Waals surface area contributed by atoms with Crippen LogP contribution in [-0.4, -0.2) is 33.7 Å². The first-order valence-corrected chi connectivity index (χ1v) is 4.94. The molecule has 1 aromatic carbocycles. The van der Waals surface area contributed by atoms with Gasteiger partial charge in [0.2, 0.25) is 0 Å². The zero-order chi connectivity index (χ0) is 13.3. The summed E-state index contributed by atoms with van der Waals surface area (Å²) in [5.74, 6) is -3.49. The Morgan fingerprint density at radius 3 is 2.11 bits per heavy atom. The molecule has 0 aliphatic carbocycles. The molecule has 1 heterocycles. The Morgan fingerprint density at radius 1 is 1.00 bits per heavy atom. The van der Waals surface area contributed by atoms with E-state index in [1.165, 1.54) is 18.2 Å². The van der Waals surface area contributed by atoms with Crippen molar-refractivity contribution in [2.45, 2.75) is 0 Å². The summed E-state index contributed by atoms with van der Waals surface area (Å²) in [7, 11) is 0. The van der Waals surface area contributed by atoms with E-state index >= 15 is 0 Å². The number of imide groups is 3. The quantitative estimate of drug-likeness (QED) is 0.764. The number of benzene rings is 1. The van der Waals surface area contributed by atoms with Crippen molar-refractivity contribution in [3.05, 3.63) is 47.5 Å². The average molecular weight is 245 g/mol. The Hall–Kier alpha value is -2.76. The molecule has 18 heavy (non-hydrogen) atoms. The number of carboxylic acids is 1. The highest BCUT2D eigenvalue weighted by atomic mass is 16.4. The van der Waals surface area contributed by atoms with Gasteiger partial charge in [0.05, 0.1) is 5.56 Å². The van der Waals surface area contributed by atoms with Crippen LogP contribution in [0.4, 0.5) is 0 Å². The number of carbonyl (C=O) groups is 4. The molecule has 0 saturated carbocycles. The van der Waals surface area contributed by atoms with E-state index in [9.17, 15) is 19.2 Å². The normalized spacial score (nSPS) is 14.1. The third-order valence-corrected chi connectivity index (χ3v) is 2.37. The predicted molar refractivity (Wildman–Crippen MR) is 58.7 cm³/mol. The maximum absolute atomic E-state index is 11.9. The Balaban J connectivity index is 2.35. The first-order valence-electron chi connectivity index (χ1n) is 4.94. The Kier molecular flexibility index (Phi) is 2.77. The Morgan fingerprint density at radius 2 is 1.56 bits per heavy atom. The zero-order valence-corrected chi connectivity index (χ0v) is 8.99. The van der Waals surface area contributed by atoms with Gasteiger partial charge in [-0.05, 0) is 18.2 Å². The third-order valence-electron chi connectivity index (χ3n) is 2.37. The van der Waals surface area contributed by atoms with E-state index in [4.69, 9.17) is 5.11 Å². The fraction of sp³-hybridized carbons (Fsp3) is 0. The van der Waals surface area contributed by atoms with Crippen LogP contribution in [0, 0.1) is 0 Å². The van der Waals surface area contributed by atoms with E-state index in [-0.39, 0.29) is 11.1 Å². The van der Waals surface area contributed by atoms with Crippen LogP contribution in [0.1, 0.15) is 20.7 Å². The first kappa shape index (κ1) is 11.7. The van der Waals surface area contributed by atoms with E-state index in [1.807, 2.05) is 0 Å². The minimum Gasteiger partial charge on any atom is -0.478 e. The lowest BCUT2D eigenvalue weighted by atomic mass is 10.1. The fourth-order valence-electron chi connectivity index (χ4n) is 1.51. The first-order chi connectivity index (χ1) is 8.50. The molecular weight excluding hydrogens is 238 g/mol. The minimum atomic E-state index is -1.19. The summed E-state index contributed by atoms with van der Waals surface area (Å²) >= 11 is 0. The number of carboxylic acid groups (broad SMARTS) is 1. The molecule has 2 rings (SSSR count). The van der Waals surface area contributed by atoms with Gasteiger partial charge in [-0.3, -0.25) is 14.4 Å². The molecule has 1 aliphatic heterocycles. The van der Waals surface area contributed by atoms with Crippen LogP contribution in [0.3, 0.4) is 0 Å². The number of rotatable bonds is 2. The second-order valence-corrected chi connectivity index (χ2v) is 3.54. The van der Waals surface area contributed by atoms with Crippen molar-refractivity contribution < 1.29 is 24.3 Å². The van der Waals surface area contributed by atoms with Crippen LogP contribution >= 0.6 is 0 Å². The Bertz CT molecular complexity index is 584. The molecule has 0 atom stereocenters. The Labute approximate surface area is 101 Å². The smallest absolute Gasteiger partial charge is 0.335 e. The summed E-state index contributed by atoms with van der Waals surface area (Å²) in [4.78, 5) is 45.7. The molecule has 0 unspecified atom stereocenters. The van der Waals surface area contributed by atoms with Crippen molar-refractivity contribution in [2.24, 2.45) is 0 Å². The molecular formula is C12H7NO5. The molecule has 3 amide bonds. The van der Waals surface area contributed by atoms with Crippen molar-refractivity contribution in [1.82, 2.24) is 4.90 Å². The number of nitrogens with zero attached hydrogens (tertiary/aromatic N) is 1. The molecule has 0 aromatic heterocycles. The van der Waals surface area contributed by atoms with Gasteiger partial charge in [0.1, 0.15) is 0 Å². The number of carbonyl (C=O) groups excluding carboxylic acids is 3. The fourth-order valence-corrected chi connectivity index (χ4v) is 1.51. The van der Waals surface area contributed by atoms with E-state index in [1.54, 1.807) is 0 Å². The highest BCUT2D eigenvalue weighted by Gasteiger charge is 2.30. The lowest BCUT2D eigenvalue weighted by molar-refractivity contribution is -0.133. The standard InChI is InChI=1S/C12H7NO5/c14-9-4-5-10(15)13(9)11(16)7-2-1-3-8(6-7)12(17)18/h1-6H,(H,17,18). The van der Waals surface area contributed by atoms with Crippen LogP contribution in [0.25, 0.3) is 0 Å². The van der Waals surface area contributed by atoms with Crippen molar-refractivity contribution in [3.8, 4) is 0 Å². The minimum absolute atomic E-state index is 0.0275. The molecule has 1 aliphatic rings. The molecule has 90 valence electrons. The third kappa shape index (κ3) is 1.91. The van der Waals surface area contributed by atoms with Crippen LogP contribution < -0.4 is 0 Å². The van der Waals surface area contributed by atoms with Crippen molar-refractivity contribution >= 4 is 23.7 Å². The van der Waals surface area contributed by atoms with E-state index in [0.717, 1.165) is 18.2 Å². The van der Waals surface area contributed by atoms with Crippen molar-refractivity contribution in [2.75, 3.05) is 0 Å². The van der Waals surface area contributed by atoms with Crippen molar-refractivity contribution in [1.29, 1.82) is 0 Å². The molecule has 0 saturated heterocycles. The average Bonchev–Trinajstić information content (AvgIpc) is 2.68. The summed E-state index contributed by atoms with van der Waals surface area (Å²) in [5.41, 5.74) is -0.117. The monoisotopic (exact) mass is 245 g/mol. The molecule has 0 fully saturated rings. The van der Waals surface area contributed by atoms with Crippen LogP contribution in [0.2, 0.25) is 0 Å². The maximum atomic E-state index is 11.9. The molecule has 0 bridgehead atoms. The van der Waals surface area contributed by atoms with E-state index in [2.05, 4.69) is 0 Å². The summed E-state index contributed by atoms with van der Waals surface area (Å²) in [5, 5.41) is 8.79. The van der Waals surface area contributed by atoms with Gasteiger partial charge in [-0.2, -0.15) is 0 Å². The van der Waals surface area contributed by atoms with Gasteiger partial charge in [-0.15, -0.1) is 0 Å². The topological polar surface area (TPSA) is 91.8 Å². The predicted octanol–water partition coefficient (Wildman–Crippen LogP) is 0.450. The number of hydrogen-bond donors (Lipinski definition) is 1. The van der Waals surface area contributed by atoms with Gasteiger partial charge in [0.25, 0.3) is 17.7 Å². The molecule has 1 aromatic rings. The van der Waals surface area contributed by atoms with Gasteiger partial charge in [-0.1, -0.05) is 6.07 Å². The van der Waals surface area contributed by atoms with E-state index in [0.29, 0.717) is 4.90 Å². The van der Waals surface area contributed by atoms with Crippen LogP contribution in [0.5, 0.6) is 0 Å². The highest BCUT2D eigenvalue weighted by Crippen LogP contribution is 2.12. The second kappa shape index (κ2) is 4.25. The number of aromatic carboxylic acids is 1. The van der Waals surface area contributed by atoms with E-state index < -0.39 is 23.7 Å². The summed E-state index contributed by atoms with van der Waals surface area (Å²) in [6, 6.07) is 5.14. The molecule has 6 nitrogen and oxygen atoms in total. The molecule has 6 heteroatoms. The van der Waals surface area contributed by atoms with Gasteiger partial charge in [0, 0.05) is 17.7 Å². The zero-order valence-electron chi connectivity index (χ0n) is 8.99. The van der Waals surface area contributed by atoms with Crippen LogP contribution in [0.15, 0.2) is 36.4 Å². The summed E-state index contributed by atoms with van der Waals surface area (Å²) < 4.78 is 0. The molecule has 0 radical (unpaired) electrons. The summed E-state index contributed by atoms with van der Waals surface area (Å²) in [6.45, 7) is 0. The van der Waals surface area contributed by atoms with Crippen molar-refractivity contribution in [3.63, 3.8) is 0 Å². The lowest BCUT2D eigenvalue weighted by Crippen LogP contribution is -2.36. The number of amides is 3. The van der Waals surface area contributed by atoms with Crippen LogP contribution in [-0.2, 0) is 9.59 Å². The van der Waals surface area contributed by atoms with Gasteiger partial charge in [0.15, 0.2) is 0 Å². The summed E-state index contributed by atoms with van der Waals surface area (Å²) in [6.07, 6.45) is 1.97. The lowest BCUT2D eigenvalue weighted by Gasteiger charge is -2.11. The SMILES string of the molecule is O=C(O)c1cccc(C(=O)N2C(=O)C=CC2=O)c1. The largest absolute Gasteiger partial charge is 0.478 e. The number of hydrogen-bond acceptors (Lipinski definition) is 4. The second-order valence-electron chi connectivity index (χ2n) is 3.54. The highest BCUT2D eigenvalue weighted by molar-refractivity contribution is 6.25. The van der Waals surface area contributed by atoms with Gasteiger partial charge >= 0.3 is 5.97 Å². The van der Waals surface area contributed by atoms with Gasteiger partial charge in [-0.25, -0.2) is 9.69 Å². The van der Waals surface area contributed by atoms with Gasteiger partial charge < -0.3 is 5.11 Å². The molecule has 1 N–H and O–H groups in total. The maximum Gasteiger partial charge on any atom is 0.335 e. The molecule has 0 spiro atoms.